The number of amides is 1. The lowest BCUT2D eigenvalue weighted by atomic mass is 10.2. The van der Waals surface area contributed by atoms with Crippen LogP contribution in [-0.2, 0) is 9.63 Å². The Morgan fingerprint density at radius 2 is 2.54 bits per heavy atom. The number of carbonyl (C=O) groups is 2. The van der Waals surface area contributed by atoms with Gasteiger partial charge in [-0.3, -0.25) is 4.79 Å². The summed E-state index contributed by atoms with van der Waals surface area (Å²) < 4.78 is 0. The topological polar surface area (TPSA) is 72.6 Å². The first kappa shape index (κ1) is 8.58. The largest absolute Gasteiger partial charge is 0.367 e. The number of hydrogen-bond acceptors (Lipinski definition) is 4. The van der Waals surface area contributed by atoms with Crippen LogP contribution in [-0.4, -0.2) is 27.2 Å². The van der Waals surface area contributed by atoms with E-state index in [4.69, 9.17) is 5.90 Å². The van der Waals surface area contributed by atoms with E-state index in [0.29, 0.717) is 12.2 Å². The van der Waals surface area contributed by atoms with Gasteiger partial charge in [0.25, 0.3) is 0 Å². The van der Waals surface area contributed by atoms with Crippen molar-refractivity contribution in [3.63, 3.8) is 0 Å². The van der Waals surface area contributed by atoms with Crippen molar-refractivity contribution in [3.05, 3.63) is 12.3 Å². The number of carbonyl (C=O) groups excluding carboxylic acids is 2. The standard InChI is InChI=1S/C7H10N2O3S/c8-12-7(11)13-3-1-2-9-5(10)4-6(9)13/h1-2,6,13H,3-4,8H2. The van der Waals surface area contributed by atoms with E-state index in [2.05, 4.69) is 4.84 Å². The molecule has 0 aromatic heterocycles. The SMILES string of the molecule is NOC(=O)[SH]1CC=CN2C(=O)CC21. The number of hydrogen-bond donors (Lipinski definition) is 2. The molecule has 0 radical (unpaired) electrons. The Kier molecular flexibility index (Phi) is 2.01. The van der Waals surface area contributed by atoms with Gasteiger partial charge >= 0.3 is 5.30 Å². The van der Waals surface area contributed by atoms with Crippen LogP contribution < -0.4 is 5.90 Å². The van der Waals surface area contributed by atoms with Crippen LogP contribution in [0.1, 0.15) is 6.42 Å². The maximum atomic E-state index is 11.2. The van der Waals surface area contributed by atoms with Gasteiger partial charge in [-0.2, -0.15) is 5.90 Å². The highest BCUT2D eigenvalue weighted by atomic mass is 32.2. The zero-order valence-corrected chi connectivity index (χ0v) is 7.74. The highest BCUT2D eigenvalue weighted by Gasteiger charge is 2.43. The van der Waals surface area contributed by atoms with Gasteiger partial charge in [-0.25, -0.2) is 4.79 Å². The number of nitrogens with zero attached hydrogens (tertiary/aromatic N) is 1. The van der Waals surface area contributed by atoms with Crippen LogP contribution in [0.25, 0.3) is 0 Å². The van der Waals surface area contributed by atoms with Crippen LogP contribution in [0, 0.1) is 0 Å². The third kappa shape index (κ3) is 1.22. The monoisotopic (exact) mass is 202 g/mol. The van der Waals surface area contributed by atoms with Crippen LogP contribution >= 0.6 is 10.9 Å². The van der Waals surface area contributed by atoms with Crippen molar-refractivity contribution in [1.82, 2.24) is 4.90 Å². The van der Waals surface area contributed by atoms with E-state index in [9.17, 15) is 9.59 Å². The lowest BCUT2D eigenvalue weighted by molar-refractivity contribution is -0.137. The van der Waals surface area contributed by atoms with Crippen LogP contribution in [0.15, 0.2) is 12.3 Å². The molecule has 2 N–H and O–H groups in total. The smallest absolute Gasteiger partial charge is 0.366 e. The molecule has 2 atom stereocenters. The molecule has 0 aromatic rings. The summed E-state index contributed by atoms with van der Waals surface area (Å²) in [7, 11) is -0.941. The molecule has 0 saturated carbocycles. The van der Waals surface area contributed by atoms with E-state index in [0.717, 1.165) is 0 Å². The molecule has 2 rings (SSSR count). The van der Waals surface area contributed by atoms with Gasteiger partial charge in [0.1, 0.15) is 0 Å². The molecule has 0 aliphatic carbocycles. The quantitative estimate of drug-likeness (QED) is 0.331. The van der Waals surface area contributed by atoms with Gasteiger partial charge in [0.15, 0.2) is 0 Å². The first-order valence-corrected chi connectivity index (χ1v) is 5.49. The van der Waals surface area contributed by atoms with Gasteiger partial charge in [0.2, 0.25) is 5.91 Å². The molecule has 13 heavy (non-hydrogen) atoms. The molecule has 2 aliphatic heterocycles. The van der Waals surface area contributed by atoms with E-state index in [-0.39, 0.29) is 16.6 Å². The lowest BCUT2D eigenvalue weighted by Crippen LogP contribution is -2.51. The van der Waals surface area contributed by atoms with E-state index in [1.165, 1.54) is 0 Å². The maximum absolute atomic E-state index is 11.2. The summed E-state index contributed by atoms with van der Waals surface area (Å²) in [5.74, 6) is 5.54. The van der Waals surface area contributed by atoms with Gasteiger partial charge < -0.3 is 9.74 Å². The third-order valence-corrected chi connectivity index (χ3v) is 4.56. The van der Waals surface area contributed by atoms with Gasteiger partial charge in [-0.1, -0.05) is 6.08 Å². The number of nitrogens with two attached hydrogens (primary N) is 1. The Morgan fingerprint density at radius 1 is 1.77 bits per heavy atom. The third-order valence-electron chi connectivity index (χ3n) is 2.23. The molecule has 0 spiro atoms. The van der Waals surface area contributed by atoms with Crippen molar-refractivity contribution in [3.8, 4) is 0 Å². The average Bonchev–Trinajstić information content (AvgIpc) is 2.15. The zero-order chi connectivity index (χ0) is 9.42. The Bertz CT molecular complexity index is 291. The Morgan fingerprint density at radius 3 is 3.15 bits per heavy atom. The highest BCUT2D eigenvalue weighted by molar-refractivity contribution is 8.30. The van der Waals surface area contributed by atoms with Gasteiger partial charge in [-0.05, 0) is 0 Å². The van der Waals surface area contributed by atoms with Crippen LogP contribution in [0.3, 0.4) is 0 Å². The highest BCUT2D eigenvalue weighted by Crippen LogP contribution is 2.45. The molecular weight excluding hydrogens is 192 g/mol. The van der Waals surface area contributed by atoms with E-state index in [1.807, 2.05) is 6.08 Å². The van der Waals surface area contributed by atoms with Crippen molar-refractivity contribution in [2.24, 2.45) is 5.90 Å². The summed E-state index contributed by atoms with van der Waals surface area (Å²) >= 11 is 0. The van der Waals surface area contributed by atoms with Crippen LogP contribution in [0.2, 0.25) is 0 Å². The fourth-order valence-corrected chi connectivity index (χ4v) is 3.49. The van der Waals surface area contributed by atoms with Gasteiger partial charge in [0, 0.05) is 12.0 Å². The minimum Gasteiger partial charge on any atom is -0.366 e. The fraction of sp³-hybridized carbons (Fsp3) is 0.429. The van der Waals surface area contributed by atoms with Gasteiger partial charge in [0.05, 0.1) is 11.8 Å². The molecule has 0 bridgehead atoms. The van der Waals surface area contributed by atoms with Crippen molar-refractivity contribution >= 4 is 22.1 Å². The van der Waals surface area contributed by atoms with Crippen LogP contribution in [0.4, 0.5) is 4.79 Å². The normalized spacial score (nSPS) is 33.6. The predicted octanol–water partition coefficient (Wildman–Crippen LogP) is 0.0836. The van der Waals surface area contributed by atoms with Crippen LogP contribution in [0.5, 0.6) is 0 Å². The molecule has 1 fully saturated rings. The number of β-lactam (4-membered cyclic amide) rings is 1. The molecular formula is C7H10N2O3S. The maximum Gasteiger partial charge on any atom is 0.367 e. The molecule has 5 nitrogen and oxygen atoms in total. The summed E-state index contributed by atoms with van der Waals surface area (Å²) in [4.78, 5) is 28.0. The molecule has 1 saturated heterocycles. The number of thiol groups is 1. The summed E-state index contributed by atoms with van der Waals surface area (Å²) in [5.41, 5.74) is 0. The van der Waals surface area contributed by atoms with Crippen molar-refractivity contribution in [1.29, 1.82) is 0 Å². The fourth-order valence-electron chi connectivity index (χ4n) is 1.52. The van der Waals surface area contributed by atoms with Gasteiger partial charge in [-0.15, -0.1) is 10.9 Å². The summed E-state index contributed by atoms with van der Waals surface area (Å²) in [6, 6.07) is 0. The molecule has 2 aliphatic rings. The Balaban J connectivity index is 2.12. The van der Waals surface area contributed by atoms with Crippen molar-refractivity contribution < 1.29 is 14.4 Å². The minimum atomic E-state index is -0.941. The number of fused-ring (bicyclic) bond motifs is 1. The van der Waals surface area contributed by atoms with E-state index in [1.54, 1.807) is 11.1 Å². The second kappa shape index (κ2) is 3.04. The predicted molar refractivity (Wildman–Crippen MR) is 48.9 cm³/mol. The average molecular weight is 202 g/mol. The molecule has 6 heteroatoms. The Hall–Kier alpha value is -1.01. The first-order valence-electron chi connectivity index (χ1n) is 3.89. The second-order valence-electron chi connectivity index (χ2n) is 2.91. The number of rotatable bonds is 0. The first-order chi connectivity index (χ1) is 6.24. The molecule has 2 unspecified atom stereocenters. The molecule has 72 valence electrons. The summed E-state index contributed by atoms with van der Waals surface area (Å²) in [6.45, 7) is 0. The summed E-state index contributed by atoms with van der Waals surface area (Å²) in [6.07, 6.45) is 4.00. The lowest BCUT2D eigenvalue weighted by Gasteiger charge is -2.45. The summed E-state index contributed by atoms with van der Waals surface area (Å²) in [5, 5.41) is -0.342. The second-order valence-corrected chi connectivity index (χ2v) is 5.17. The van der Waals surface area contributed by atoms with Crippen molar-refractivity contribution in [2.75, 3.05) is 5.75 Å². The van der Waals surface area contributed by atoms with E-state index >= 15 is 0 Å². The molecule has 1 amide bonds. The molecule has 2 heterocycles. The minimum absolute atomic E-state index is 0.0311. The molecule has 0 aromatic carbocycles. The van der Waals surface area contributed by atoms with Crippen molar-refractivity contribution in [2.45, 2.75) is 11.8 Å². The van der Waals surface area contributed by atoms with E-state index < -0.39 is 10.9 Å². The zero-order valence-electron chi connectivity index (χ0n) is 6.84. The Labute approximate surface area is 77.8 Å².